The topological polar surface area (TPSA) is 258 Å². The summed E-state index contributed by atoms with van der Waals surface area (Å²) in [6.45, 7) is 3.96. The molecule has 0 radical (unpaired) electrons. The summed E-state index contributed by atoms with van der Waals surface area (Å²) in [5, 5.41) is 39.5. The SMILES string of the molecule is COc1cc(-n2cnc(Nc3nc(Cl)nc4c3cnn4CC3CCCCC3)c2)cc(OC)c1OC.COc1cc(-n2cnc(Nc3nc(N4CCC[C@@H]4CO)nc4c3cnn4CC3CCCCC3)c2)cc(OC)c1OC.OC[C@H]1CCCN1. The van der Waals surface area contributed by atoms with Crippen molar-refractivity contribution in [2.75, 3.05) is 84.5 Å². The summed E-state index contributed by atoms with van der Waals surface area (Å²) in [5.74, 6) is 7.51. The third-order valence-corrected chi connectivity index (χ3v) is 16.2. The van der Waals surface area contributed by atoms with Gasteiger partial charge in [0, 0.05) is 49.9 Å². The van der Waals surface area contributed by atoms with E-state index in [2.05, 4.69) is 45.9 Å². The lowest BCUT2D eigenvalue weighted by Gasteiger charge is -2.24. The fourth-order valence-electron chi connectivity index (χ4n) is 11.6. The summed E-state index contributed by atoms with van der Waals surface area (Å²) in [7, 11) is 9.51. The number of methoxy groups -OCH3 is 6. The van der Waals surface area contributed by atoms with Gasteiger partial charge in [0.25, 0.3) is 0 Å². The molecule has 6 aromatic heterocycles. The molecule has 0 spiro atoms. The van der Waals surface area contributed by atoms with Crippen LogP contribution in [0.4, 0.5) is 29.2 Å². The maximum Gasteiger partial charge on any atom is 0.229 e. The summed E-state index contributed by atoms with van der Waals surface area (Å²) in [4.78, 5) is 30.0. The third-order valence-electron chi connectivity index (χ3n) is 16.0. The molecule has 2 aromatic carbocycles. The Morgan fingerprint density at radius 1 is 0.566 bits per heavy atom. The molecule has 444 valence electrons. The van der Waals surface area contributed by atoms with E-state index in [0.717, 1.165) is 78.9 Å². The predicted octanol–water partition coefficient (Wildman–Crippen LogP) is 9.07. The fraction of sp³-hybridized carbons (Fsp3) is 0.517. The van der Waals surface area contributed by atoms with Crippen molar-refractivity contribution in [2.45, 2.75) is 115 Å². The van der Waals surface area contributed by atoms with Crippen LogP contribution < -0.4 is 49.3 Å². The second kappa shape index (κ2) is 27.6. The summed E-state index contributed by atoms with van der Waals surface area (Å²) in [6.07, 6.45) is 27.7. The summed E-state index contributed by atoms with van der Waals surface area (Å²) >= 11 is 6.29. The molecule has 8 aromatic rings. The molecule has 5 N–H and O–H groups in total. The molecule has 0 amide bonds. The van der Waals surface area contributed by atoms with Crippen molar-refractivity contribution >= 4 is 62.9 Å². The molecule has 2 saturated carbocycles. The van der Waals surface area contributed by atoms with E-state index in [1.165, 1.54) is 70.6 Å². The van der Waals surface area contributed by atoms with Crippen molar-refractivity contribution in [1.82, 2.24) is 63.9 Å². The van der Waals surface area contributed by atoms with Gasteiger partial charge in [-0.25, -0.2) is 19.3 Å². The zero-order chi connectivity index (χ0) is 57.8. The number of hydrogen-bond acceptors (Lipinski definition) is 20. The molecule has 4 fully saturated rings. The largest absolute Gasteiger partial charge is 0.493 e. The lowest BCUT2D eigenvalue weighted by molar-refractivity contribution is 0.255. The lowest BCUT2D eigenvalue weighted by atomic mass is 9.89. The van der Waals surface area contributed by atoms with Gasteiger partial charge in [0.1, 0.15) is 35.9 Å². The molecule has 4 aliphatic rings. The monoisotopic (exact) mass is 1160 g/mol. The van der Waals surface area contributed by atoms with Crippen molar-refractivity contribution < 1.29 is 38.6 Å². The van der Waals surface area contributed by atoms with Crippen molar-refractivity contribution in [3.05, 3.63) is 67.0 Å². The molecule has 2 aliphatic heterocycles. The second-order valence-electron chi connectivity index (χ2n) is 21.3. The molecule has 12 rings (SSSR count). The number of ether oxygens (including phenoxy) is 6. The molecule has 24 nitrogen and oxygen atoms in total. The summed E-state index contributed by atoms with van der Waals surface area (Å²) in [6, 6.07) is 7.84. The molecule has 2 saturated heterocycles. The van der Waals surface area contributed by atoms with Gasteiger partial charge < -0.3 is 68.6 Å². The van der Waals surface area contributed by atoms with Gasteiger partial charge in [-0.3, -0.25) is 0 Å². The molecule has 25 heteroatoms. The van der Waals surface area contributed by atoms with Gasteiger partial charge in [0.15, 0.2) is 34.3 Å². The number of nitrogens with one attached hydrogen (secondary N) is 3. The van der Waals surface area contributed by atoms with Crippen LogP contribution in [-0.4, -0.2) is 150 Å². The molecule has 8 heterocycles. The van der Waals surface area contributed by atoms with Gasteiger partial charge in [-0.15, -0.1) is 0 Å². The average molecular weight is 1160 g/mol. The van der Waals surface area contributed by atoms with E-state index in [1.807, 2.05) is 61.4 Å². The highest BCUT2D eigenvalue weighted by Gasteiger charge is 2.29. The van der Waals surface area contributed by atoms with Crippen molar-refractivity contribution in [1.29, 1.82) is 0 Å². The van der Waals surface area contributed by atoms with Crippen molar-refractivity contribution in [3.63, 3.8) is 0 Å². The summed E-state index contributed by atoms with van der Waals surface area (Å²) in [5.41, 5.74) is 3.13. The number of hydrogen-bond donors (Lipinski definition) is 5. The quantitative estimate of drug-likeness (QED) is 0.0473. The van der Waals surface area contributed by atoms with Crippen LogP contribution in [0.15, 0.2) is 61.7 Å². The molecule has 83 heavy (non-hydrogen) atoms. The number of aliphatic hydroxyl groups excluding tert-OH is 2. The van der Waals surface area contributed by atoms with Crippen LogP contribution >= 0.6 is 11.6 Å². The number of nitrogens with zero attached hydrogens (tertiary/aromatic N) is 13. The standard InChI is InChI=1S/C29H38N8O4.C24H28ClN7O3.C5H11NO/c1-39-23-12-21(13-24(40-2)26(23)41-3)35-16-25(30-18-35)32-27-22-14-31-37(15-19-8-5-4-6-9-19)28(22)34-29(33-27)36-11-7-10-20(36)17-38;1-33-18-9-16(10-19(34-2)21(18)35-3)31-13-20(26-14-31)28-22-17-11-27-32(23(17)30-24(25)29-22)12-15-7-5-4-6-8-15;7-4-5-2-1-3-6-5/h12-14,16,18-20,38H,4-11,15,17H2,1-3H3,(H,32,33,34);9-11,13-15H,4-8,12H2,1-3H3,(H,28,29,30);5-7H,1-4H2/t20-;;5-/m1.1/s1. The maximum absolute atomic E-state index is 10.00. The van der Waals surface area contributed by atoms with Crippen molar-refractivity contribution in [3.8, 4) is 45.9 Å². The van der Waals surface area contributed by atoms with Crippen LogP contribution in [0.1, 0.15) is 89.9 Å². The smallest absolute Gasteiger partial charge is 0.229 e. The highest BCUT2D eigenvalue weighted by Crippen LogP contribution is 2.41. The maximum atomic E-state index is 10.00. The Balaban J connectivity index is 0.000000167. The van der Waals surface area contributed by atoms with Gasteiger partial charge in [-0.2, -0.15) is 30.1 Å². The molecular weight excluding hydrogens is 1080 g/mol. The van der Waals surface area contributed by atoms with Gasteiger partial charge in [0.2, 0.25) is 22.7 Å². The van der Waals surface area contributed by atoms with Gasteiger partial charge in [-0.05, 0) is 81.3 Å². The molecule has 0 bridgehead atoms. The van der Waals surface area contributed by atoms with Crippen LogP contribution in [0.2, 0.25) is 5.28 Å². The van der Waals surface area contributed by atoms with Crippen LogP contribution in [-0.2, 0) is 13.1 Å². The number of aromatic nitrogens is 12. The highest BCUT2D eigenvalue weighted by molar-refractivity contribution is 6.28. The molecule has 2 aliphatic carbocycles. The third kappa shape index (κ3) is 13.6. The predicted molar refractivity (Wildman–Crippen MR) is 317 cm³/mol. The lowest BCUT2D eigenvalue weighted by Crippen LogP contribution is -2.33. The van der Waals surface area contributed by atoms with Gasteiger partial charge in [-0.1, -0.05) is 38.5 Å². The average Bonchev–Trinajstić information content (AvgIpc) is 3.86. The fourth-order valence-corrected chi connectivity index (χ4v) is 11.8. The number of aliphatic hydroxyl groups is 2. The Bertz CT molecular complexity index is 3350. The van der Waals surface area contributed by atoms with Gasteiger partial charge in [0.05, 0.1) is 109 Å². The summed E-state index contributed by atoms with van der Waals surface area (Å²) < 4.78 is 40.6. The number of benzene rings is 2. The van der Waals surface area contributed by atoms with E-state index in [9.17, 15) is 5.11 Å². The number of rotatable bonds is 19. The zero-order valence-electron chi connectivity index (χ0n) is 48.3. The highest BCUT2D eigenvalue weighted by atomic mass is 35.5. The molecule has 2 atom stereocenters. The normalized spacial score (nSPS) is 17.4. The first-order valence-electron chi connectivity index (χ1n) is 28.7. The van der Waals surface area contributed by atoms with Crippen molar-refractivity contribution in [2.24, 2.45) is 11.8 Å². The minimum atomic E-state index is 0.00857. The van der Waals surface area contributed by atoms with E-state index in [1.54, 1.807) is 61.5 Å². The zero-order valence-corrected chi connectivity index (χ0v) is 49.0. The number of halogens is 1. The minimum absolute atomic E-state index is 0.00857. The van der Waals surface area contributed by atoms with E-state index in [4.69, 9.17) is 60.2 Å². The molecular formula is C58H77ClN16O8. The second-order valence-corrected chi connectivity index (χ2v) is 21.7. The Hall–Kier alpha value is -7.67. The first-order chi connectivity index (χ1) is 40.6. The van der Waals surface area contributed by atoms with Gasteiger partial charge >= 0.3 is 0 Å². The van der Waals surface area contributed by atoms with E-state index in [0.29, 0.717) is 88.2 Å². The first kappa shape index (κ1) is 58.5. The van der Waals surface area contributed by atoms with Crippen LogP contribution in [0.3, 0.4) is 0 Å². The Morgan fingerprint density at radius 3 is 1.49 bits per heavy atom. The van der Waals surface area contributed by atoms with Crippen LogP contribution in [0.25, 0.3) is 33.4 Å². The minimum Gasteiger partial charge on any atom is -0.493 e. The number of anilines is 5. The number of fused-ring (bicyclic) bond motifs is 2. The number of imidazole rings is 2. The Labute approximate surface area is 487 Å². The van der Waals surface area contributed by atoms with E-state index in [-0.39, 0.29) is 17.9 Å². The first-order valence-corrected chi connectivity index (χ1v) is 29.1. The van der Waals surface area contributed by atoms with E-state index >= 15 is 0 Å². The Morgan fingerprint density at radius 2 is 1.06 bits per heavy atom. The Kier molecular flexibility index (Phi) is 19.5. The van der Waals surface area contributed by atoms with E-state index < -0.39 is 0 Å². The van der Waals surface area contributed by atoms with Crippen LogP contribution in [0, 0.1) is 11.8 Å². The van der Waals surface area contributed by atoms with Crippen LogP contribution in [0.5, 0.6) is 34.5 Å². The molecule has 0 unspecified atom stereocenters.